The Morgan fingerprint density at radius 2 is 1.61 bits per heavy atom. The number of nitrogens with one attached hydrogen (secondary N) is 2. The van der Waals surface area contributed by atoms with Gasteiger partial charge in [-0.2, -0.15) is 0 Å². The number of carbonyl (C=O) groups is 3. The fraction of sp³-hybridized carbons (Fsp3) is 0.429. The summed E-state index contributed by atoms with van der Waals surface area (Å²) in [7, 11) is 1.71. The third-order valence-electron chi connectivity index (χ3n) is 6.31. The van der Waals surface area contributed by atoms with Crippen molar-refractivity contribution in [1.29, 1.82) is 0 Å². The van der Waals surface area contributed by atoms with Crippen LogP contribution in [0.15, 0.2) is 65.7 Å². The van der Waals surface area contributed by atoms with Gasteiger partial charge in [0, 0.05) is 20.0 Å². The van der Waals surface area contributed by atoms with Crippen LogP contribution in [0.25, 0.3) is 10.8 Å². The Morgan fingerprint density at radius 1 is 0.977 bits per heavy atom. The third-order valence-corrected chi connectivity index (χ3v) is 6.31. The average Bonchev–Trinajstić information content (AvgIpc) is 3.00. The van der Waals surface area contributed by atoms with E-state index in [2.05, 4.69) is 83.8 Å². The number of carbonyl (C=O) groups excluding carboxylic acids is 2. The summed E-state index contributed by atoms with van der Waals surface area (Å²) in [5.74, 6) is 0.130. The Balaban J connectivity index is 0.000000857. The van der Waals surface area contributed by atoms with E-state index in [1.54, 1.807) is 13.1 Å². The number of hydrogen-bond donors (Lipinski definition) is 4. The van der Waals surface area contributed by atoms with Gasteiger partial charge in [-0.1, -0.05) is 77.1 Å². The quantitative estimate of drug-likeness (QED) is 0.0782. The van der Waals surface area contributed by atoms with Crippen molar-refractivity contribution in [2.45, 2.75) is 73.8 Å². The van der Waals surface area contributed by atoms with Gasteiger partial charge in [-0.25, -0.2) is 4.99 Å². The number of hydrogen-bond acceptors (Lipinski definition) is 6. The molecule has 0 bridgehead atoms. The highest BCUT2D eigenvalue weighted by Crippen LogP contribution is 2.23. The fourth-order valence-electron chi connectivity index (χ4n) is 4.19. The maximum Gasteiger partial charge on any atom is 0.290 e. The van der Waals surface area contributed by atoms with Gasteiger partial charge in [0.05, 0.1) is 17.7 Å². The molecule has 44 heavy (non-hydrogen) atoms. The number of fused-ring (bicyclic) bond motifs is 1. The van der Waals surface area contributed by atoms with Gasteiger partial charge in [0.15, 0.2) is 0 Å². The zero-order chi connectivity index (χ0) is 33.4. The molecule has 2 amide bonds. The van der Waals surface area contributed by atoms with E-state index >= 15 is 0 Å². The Kier molecular flexibility index (Phi) is 21.0. The molecular formula is C35H53N5O4. The molecule has 3 aromatic carbocycles. The average molecular weight is 608 g/mol. The maximum atomic E-state index is 11.5. The molecule has 0 saturated heterocycles. The number of nitrogen functional groups attached to an aromatic ring is 1. The summed E-state index contributed by atoms with van der Waals surface area (Å²) in [6.45, 7) is 15.6. The van der Waals surface area contributed by atoms with E-state index in [1.807, 2.05) is 32.9 Å². The van der Waals surface area contributed by atoms with Gasteiger partial charge in [0.25, 0.3) is 6.47 Å². The summed E-state index contributed by atoms with van der Waals surface area (Å²) >= 11 is 0. The molecule has 0 fully saturated rings. The molecule has 0 heterocycles. The minimum Gasteiger partial charge on any atom is -0.483 e. The van der Waals surface area contributed by atoms with E-state index in [0.29, 0.717) is 29.6 Å². The zero-order valence-electron chi connectivity index (χ0n) is 27.6. The Bertz CT molecular complexity index is 1270. The molecule has 5 N–H and O–H groups in total. The molecule has 0 atom stereocenters. The number of carboxylic acid groups (broad SMARTS) is 1. The monoisotopic (exact) mass is 607 g/mol. The minimum absolute atomic E-state index is 0.130. The summed E-state index contributed by atoms with van der Waals surface area (Å²) in [4.78, 5) is 36.3. The fourth-order valence-corrected chi connectivity index (χ4v) is 4.19. The SMILES string of the molecule is CC.CNC(=O)CCCN(CCCC(C)(C)C)Cc1ccc2ccccc2c1.Cc1ccc(N)c(N=CNC=O)c1.O=CO. The molecule has 9 heteroatoms. The third kappa shape index (κ3) is 18.3. The molecule has 0 spiro atoms. The second-order valence-electron chi connectivity index (χ2n) is 11.1. The lowest BCUT2D eigenvalue weighted by molar-refractivity contribution is -0.123. The highest BCUT2D eigenvalue weighted by atomic mass is 16.3. The molecule has 0 aliphatic heterocycles. The number of aryl methyl sites for hydroxylation is 1. The zero-order valence-corrected chi connectivity index (χ0v) is 27.6. The highest BCUT2D eigenvalue weighted by Gasteiger charge is 2.13. The lowest BCUT2D eigenvalue weighted by atomic mass is 9.90. The smallest absolute Gasteiger partial charge is 0.290 e. The van der Waals surface area contributed by atoms with Crippen molar-refractivity contribution >= 4 is 47.3 Å². The number of amides is 2. The van der Waals surface area contributed by atoms with Crippen LogP contribution < -0.4 is 16.4 Å². The molecule has 0 saturated carbocycles. The van der Waals surface area contributed by atoms with Gasteiger partial charge in [0.2, 0.25) is 12.3 Å². The summed E-state index contributed by atoms with van der Waals surface area (Å²) in [6.07, 6.45) is 5.77. The van der Waals surface area contributed by atoms with Gasteiger partial charge in [-0.05, 0) is 84.8 Å². The van der Waals surface area contributed by atoms with Gasteiger partial charge < -0.3 is 21.5 Å². The van der Waals surface area contributed by atoms with Crippen molar-refractivity contribution < 1.29 is 19.5 Å². The number of rotatable bonds is 12. The summed E-state index contributed by atoms with van der Waals surface area (Å²) in [5, 5.41) is 14.5. The lowest BCUT2D eigenvalue weighted by Gasteiger charge is -2.25. The van der Waals surface area contributed by atoms with Crippen molar-refractivity contribution in [3.8, 4) is 0 Å². The van der Waals surface area contributed by atoms with E-state index in [4.69, 9.17) is 15.6 Å². The van der Waals surface area contributed by atoms with Crippen molar-refractivity contribution in [1.82, 2.24) is 15.5 Å². The standard InChI is InChI=1S/C23H34N2O.C9H11N3O.C2H6.CH2O2/c1-23(2,3)14-8-16-25(15-7-11-22(26)24-4)18-19-12-13-20-9-5-6-10-21(20)17-19;1-7-2-3-8(10)9(4-7)12-5-11-6-13;1-2;2-1-3/h5-6,9-10,12-13,17H,7-8,11,14-16,18H2,1-4H3,(H,24,26);2-6H,10H2,1H3,(H,11,12,13);1-2H3;1H,(H,2,3). The number of nitrogens with zero attached hydrogens (tertiary/aromatic N) is 2. The van der Waals surface area contributed by atoms with Crippen molar-refractivity contribution in [3.05, 3.63) is 71.8 Å². The van der Waals surface area contributed by atoms with Crippen LogP contribution >= 0.6 is 0 Å². The first-order chi connectivity index (χ1) is 21.0. The molecule has 0 aliphatic rings. The maximum absolute atomic E-state index is 11.5. The molecule has 0 aliphatic carbocycles. The summed E-state index contributed by atoms with van der Waals surface area (Å²) in [5.41, 5.74) is 9.69. The number of nitrogens with two attached hydrogens (primary N) is 1. The van der Waals surface area contributed by atoms with Crippen LogP contribution in [0.4, 0.5) is 11.4 Å². The Morgan fingerprint density at radius 3 is 2.23 bits per heavy atom. The second kappa shape index (κ2) is 23.2. The van der Waals surface area contributed by atoms with E-state index in [0.717, 1.165) is 31.6 Å². The van der Waals surface area contributed by atoms with Crippen molar-refractivity contribution in [3.63, 3.8) is 0 Å². The van der Waals surface area contributed by atoms with Crippen LogP contribution in [0.1, 0.15) is 71.4 Å². The number of benzene rings is 3. The molecule has 3 rings (SSSR count). The van der Waals surface area contributed by atoms with Gasteiger partial charge in [-0.3, -0.25) is 19.3 Å². The van der Waals surface area contributed by atoms with Crippen LogP contribution in [0.5, 0.6) is 0 Å². The number of anilines is 1. The first-order valence-corrected chi connectivity index (χ1v) is 15.1. The largest absolute Gasteiger partial charge is 0.483 e. The van der Waals surface area contributed by atoms with E-state index in [1.165, 1.54) is 35.5 Å². The van der Waals surface area contributed by atoms with Crippen molar-refractivity contribution in [2.24, 2.45) is 10.4 Å². The molecule has 9 nitrogen and oxygen atoms in total. The normalized spacial score (nSPS) is 10.5. The predicted octanol–water partition coefficient (Wildman–Crippen LogP) is 6.70. The molecule has 3 aromatic rings. The van der Waals surface area contributed by atoms with Crippen LogP contribution in [0, 0.1) is 12.3 Å². The first kappa shape index (κ1) is 39.8. The molecular weight excluding hydrogens is 554 g/mol. The van der Waals surface area contributed by atoms with E-state index in [9.17, 15) is 9.59 Å². The lowest BCUT2D eigenvalue weighted by Crippen LogP contribution is -2.28. The Hall–Kier alpha value is -4.24. The minimum atomic E-state index is -0.250. The second-order valence-corrected chi connectivity index (χ2v) is 11.1. The molecule has 0 unspecified atom stereocenters. The van der Waals surface area contributed by atoms with E-state index in [-0.39, 0.29) is 12.4 Å². The van der Waals surface area contributed by atoms with Gasteiger partial charge in [0.1, 0.15) is 0 Å². The van der Waals surface area contributed by atoms with Crippen molar-refractivity contribution in [2.75, 3.05) is 25.9 Å². The molecule has 0 aromatic heterocycles. The summed E-state index contributed by atoms with van der Waals surface area (Å²) < 4.78 is 0. The van der Waals surface area contributed by atoms with Crippen LogP contribution in [-0.4, -0.2) is 55.3 Å². The van der Waals surface area contributed by atoms with Crippen LogP contribution in [-0.2, 0) is 20.9 Å². The number of aliphatic imine (C=N–C) groups is 1. The summed E-state index contributed by atoms with van der Waals surface area (Å²) in [6, 6.07) is 20.8. The molecule has 242 valence electrons. The Labute approximate surface area is 263 Å². The van der Waals surface area contributed by atoms with Crippen LogP contribution in [0.3, 0.4) is 0 Å². The highest BCUT2D eigenvalue weighted by molar-refractivity contribution is 5.83. The van der Waals surface area contributed by atoms with Gasteiger partial charge >= 0.3 is 0 Å². The van der Waals surface area contributed by atoms with Gasteiger partial charge in [-0.15, -0.1) is 0 Å². The van der Waals surface area contributed by atoms with E-state index < -0.39 is 0 Å². The molecule has 0 radical (unpaired) electrons. The predicted molar refractivity (Wildman–Crippen MR) is 184 cm³/mol. The van der Waals surface area contributed by atoms with Crippen LogP contribution in [0.2, 0.25) is 0 Å². The first-order valence-electron chi connectivity index (χ1n) is 15.1. The topological polar surface area (TPSA) is 137 Å².